The predicted molar refractivity (Wildman–Crippen MR) is 69.9 cm³/mol. The maximum atomic E-state index is 12.4. The quantitative estimate of drug-likeness (QED) is 0.799. The van der Waals surface area contributed by atoms with Gasteiger partial charge < -0.3 is 10.2 Å². The summed E-state index contributed by atoms with van der Waals surface area (Å²) in [6.07, 6.45) is 7.06. The van der Waals surface area contributed by atoms with Crippen molar-refractivity contribution in [3.8, 4) is 0 Å². The Bertz CT molecular complexity index is 273. The summed E-state index contributed by atoms with van der Waals surface area (Å²) in [6, 6.07) is 0.1000. The van der Waals surface area contributed by atoms with Gasteiger partial charge in [0.05, 0.1) is 6.04 Å². The van der Waals surface area contributed by atoms with E-state index in [9.17, 15) is 4.79 Å². The van der Waals surface area contributed by atoms with Gasteiger partial charge in [0.25, 0.3) is 0 Å². The number of nitrogens with one attached hydrogen (secondary N) is 1. The van der Waals surface area contributed by atoms with Crippen molar-refractivity contribution in [2.45, 2.75) is 58.4 Å². The summed E-state index contributed by atoms with van der Waals surface area (Å²) in [4.78, 5) is 14.5. The van der Waals surface area contributed by atoms with E-state index in [0.29, 0.717) is 11.3 Å². The Labute approximate surface area is 105 Å². The molecular weight excluding hydrogens is 212 g/mol. The number of rotatable bonds is 2. The van der Waals surface area contributed by atoms with Crippen LogP contribution in [0.2, 0.25) is 0 Å². The molecule has 0 aromatic rings. The number of likely N-dealkylation sites (tertiary alicyclic amines) is 1. The van der Waals surface area contributed by atoms with Crippen LogP contribution in [-0.4, -0.2) is 36.5 Å². The minimum atomic E-state index is 0.1000. The van der Waals surface area contributed by atoms with Gasteiger partial charge in [0, 0.05) is 13.1 Å². The zero-order valence-corrected chi connectivity index (χ0v) is 11.3. The first-order valence-electron chi connectivity index (χ1n) is 7.17. The molecule has 2 aliphatic rings. The van der Waals surface area contributed by atoms with E-state index in [1.165, 1.54) is 32.1 Å². The van der Waals surface area contributed by atoms with Crippen molar-refractivity contribution in [2.24, 2.45) is 5.41 Å². The van der Waals surface area contributed by atoms with Crippen LogP contribution in [0.5, 0.6) is 0 Å². The Morgan fingerprint density at radius 2 is 2.24 bits per heavy atom. The third-order valence-corrected chi connectivity index (χ3v) is 4.55. The third-order valence-electron chi connectivity index (χ3n) is 4.55. The van der Waals surface area contributed by atoms with Gasteiger partial charge in [0.15, 0.2) is 0 Å². The summed E-state index contributed by atoms with van der Waals surface area (Å²) in [5.74, 6) is 0.351. The highest BCUT2D eigenvalue weighted by molar-refractivity contribution is 5.82. The normalized spacial score (nSPS) is 34.7. The molecule has 2 saturated heterocycles. The Morgan fingerprint density at radius 1 is 1.41 bits per heavy atom. The zero-order valence-electron chi connectivity index (χ0n) is 11.3. The Balaban J connectivity index is 1.94. The summed E-state index contributed by atoms with van der Waals surface area (Å²) >= 11 is 0. The number of amides is 1. The average Bonchev–Trinajstić information content (AvgIpc) is 2.39. The highest BCUT2D eigenvalue weighted by Crippen LogP contribution is 2.32. The van der Waals surface area contributed by atoms with Crippen molar-refractivity contribution in [2.75, 3.05) is 19.6 Å². The van der Waals surface area contributed by atoms with Crippen molar-refractivity contribution in [3.63, 3.8) is 0 Å². The summed E-state index contributed by atoms with van der Waals surface area (Å²) in [7, 11) is 0. The lowest BCUT2D eigenvalue weighted by Gasteiger charge is -2.41. The summed E-state index contributed by atoms with van der Waals surface area (Å²) in [5.41, 5.74) is 0.350. The van der Waals surface area contributed by atoms with Crippen LogP contribution in [0.15, 0.2) is 0 Å². The van der Waals surface area contributed by atoms with Crippen molar-refractivity contribution in [3.05, 3.63) is 0 Å². The predicted octanol–water partition coefficient (Wildman–Crippen LogP) is 2.17. The van der Waals surface area contributed by atoms with Crippen molar-refractivity contribution in [1.29, 1.82) is 0 Å². The van der Waals surface area contributed by atoms with Gasteiger partial charge in [0.2, 0.25) is 5.91 Å². The van der Waals surface area contributed by atoms with Gasteiger partial charge in [-0.1, -0.05) is 20.3 Å². The van der Waals surface area contributed by atoms with Crippen molar-refractivity contribution >= 4 is 5.91 Å². The summed E-state index contributed by atoms with van der Waals surface area (Å²) in [5, 5.41) is 3.37. The molecule has 2 unspecified atom stereocenters. The number of nitrogens with zero attached hydrogens (tertiary/aromatic N) is 1. The molecule has 98 valence electrons. The fourth-order valence-electron chi connectivity index (χ4n) is 3.08. The van der Waals surface area contributed by atoms with Crippen molar-refractivity contribution < 1.29 is 4.79 Å². The second-order valence-electron chi connectivity index (χ2n) is 6.03. The van der Waals surface area contributed by atoms with Crippen LogP contribution in [0.3, 0.4) is 0 Å². The zero-order chi connectivity index (χ0) is 12.3. The standard InChI is InChI=1S/C14H26N2O/c1-3-14(2)8-6-10-16(11-14)13(17)12-7-4-5-9-15-12/h12,15H,3-11H2,1-2H3. The van der Waals surface area contributed by atoms with Crippen LogP contribution < -0.4 is 5.32 Å². The molecule has 17 heavy (non-hydrogen) atoms. The van der Waals surface area contributed by atoms with Crippen molar-refractivity contribution in [1.82, 2.24) is 10.2 Å². The topological polar surface area (TPSA) is 32.3 Å². The molecule has 0 aromatic carbocycles. The van der Waals surface area contributed by atoms with Crippen LogP contribution in [0.25, 0.3) is 0 Å². The minimum absolute atomic E-state index is 0.1000. The van der Waals surface area contributed by atoms with Crippen LogP contribution in [0, 0.1) is 5.41 Å². The molecule has 0 aromatic heterocycles. The SMILES string of the molecule is CCC1(C)CCCN(C(=O)C2CCCCN2)C1. The molecule has 0 aliphatic carbocycles. The Morgan fingerprint density at radius 3 is 2.88 bits per heavy atom. The van der Waals surface area contributed by atoms with Crippen LogP contribution in [0.4, 0.5) is 0 Å². The minimum Gasteiger partial charge on any atom is -0.341 e. The fraction of sp³-hybridized carbons (Fsp3) is 0.929. The second-order valence-corrected chi connectivity index (χ2v) is 6.03. The molecular formula is C14H26N2O. The van der Waals surface area contributed by atoms with Gasteiger partial charge in [-0.05, 0) is 44.1 Å². The first-order chi connectivity index (χ1) is 8.14. The molecule has 2 fully saturated rings. The highest BCUT2D eigenvalue weighted by Gasteiger charge is 2.34. The largest absolute Gasteiger partial charge is 0.341 e. The highest BCUT2D eigenvalue weighted by atomic mass is 16.2. The lowest BCUT2D eigenvalue weighted by Crippen LogP contribution is -2.53. The van der Waals surface area contributed by atoms with E-state index in [1.54, 1.807) is 0 Å². The van der Waals surface area contributed by atoms with Crippen LogP contribution in [-0.2, 0) is 4.79 Å². The van der Waals surface area contributed by atoms with Gasteiger partial charge in [0.1, 0.15) is 0 Å². The maximum Gasteiger partial charge on any atom is 0.239 e. The molecule has 0 saturated carbocycles. The molecule has 2 atom stereocenters. The lowest BCUT2D eigenvalue weighted by molar-refractivity contribution is -0.137. The first kappa shape index (κ1) is 12.9. The maximum absolute atomic E-state index is 12.4. The summed E-state index contributed by atoms with van der Waals surface area (Å²) < 4.78 is 0. The van der Waals surface area contributed by atoms with Crippen LogP contribution in [0.1, 0.15) is 52.4 Å². The molecule has 0 bridgehead atoms. The van der Waals surface area contributed by atoms with E-state index in [-0.39, 0.29) is 6.04 Å². The molecule has 1 N–H and O–H groups in total. The molecule has 2 aliphatic heterocycles. The second kappa shape index (κ2) is 5.38. The number of carbonyl (C=O) groups excluding carboxylic acids is 1. The van der Waals surface area contributed by atoms with E-state index in [1.807, 2.05) is 0 Å². The van der Waals surface area contributed by atoms with Gasteiger partial charge >= 0.3 is 0 Å². The molecule has 1 amide bonds. The number of hydrogen-bond donors (Lipinski definition) is 1. The number of piperidine rings is 2. The van der Waals surface area contributed by atoms with Gasteiger partial charge in [-0.25, -0.2) is 0 Å². The number of hydrogen-bond acceptors (Lipinski definition) is 2. The fourth-order valence-corrected chi connectivity index (χ4v) is 3.08. The van der Waals surface area contributed by atoms with E-state index in [4.69, 9.17) is 0 Å². The molecule has 0 radical (unpaired) electrons. The van der Waals surface area contributed by atoms with Gasteiger partial charge in [-0.2, -0.15) is 0 Å². The Hall–Kier alpha value is -0.570. The smallest absolute Gasteiger partial charge is 0.239 e. The molecule has 3 nitrogen and oxygen atoms in total. The summed E-state index contributed by atoms with van der Waals surface area (Å²) in [6.45, 7) is 7.50. The van der Waals surface area contributed by atoms with Crippen LogP contribution >= 0.6 is 0 Å². The average molecular weight is 238 g/mol. The lowest BCUT2D eigenvalue weighted by atomic mass is 9.79. The van der Waals surface area contributed by atoms with E-state index >= 15 is 0 Å². The number of carbonyl (C=O) groups is 1. The van der Waals surface area contributed by atoms with Gasteiger partial charge in [-0.3, -0.25) is 4.79 Å². The first-order valence-corrected chi connectivity index (χ1v) is 7.17. The molecule has 3 heteroatoms. The van der Waals surface area contributed by atoms with Gasteiger partial charge in [-0.15, -0.1) is 0 Å². The van der Waals surface area contributed by atoms with E-state index in [0.717, 1.165) is 26.1 Å². The third kappa shape index (κ3) is 3.01. The molecule has 0 spiro atoms. The van der Waals surface area contributed by atoms with E-state index < -0.39 is 0 Å². The molecule has 2 heterocycles. The van der Waals surface area contributed by atoms with E-state index in [2.05, 4.69) is 24.1 Å². The Kier molecular flexibility index (Phi) is 4.08. The monoisotopic (exact) mass is 238 g/mol. The molecule has 2 rings (SSSR count).